The molecule has 1 aromatic heterocycles. The predicted octanol–water partition coefficient (Wildman–Crippen LogP) is 3.88. The Hall–Kier alpha value is -1.50. The quantitative estimate of drug-likeness (QED) is 0.787. The first kappa shape index (κ1) is 18.8. The Morgan fingerprint density at radius 1 is 1.26 bits per heavy atom. The molecule has 2 fully saturated rings. The highest BCUT2D eigenvalue weighted by Crippen LogP contribution is 2.34. The molecule has 0 atom stereocenters. The van der Waals surface area contributed by atoms with E-state index in [1.54, 1.807) is 7.11 Å². The normalized spacial score (nSPS) is 19.6. The van der Waals surface area contributed by atoms with Crippen LogP contribution in [0.2, 0.25) is 0 Å². The van der Waals surface area contributed by atoms with Crippen LogP contribution in [0.15, 0.2) is 24.4 Å². The number of nitrogens with one attached hydrogen (secondary N) is 1. The van der Waals surface area contributed by atoms with Crippen LogP contribution in [0.4, 0.5) is 5.69 Å². The number of pyridine rings is 1. The van der Waals surface area contributed by atoms with Gasteiger partial charge in [-0.25, -0.2) is 4.31 Å². The maximum atomic E-state index is 5.55. The first-order valence-electron chi connectivity index (χ1n) is 10.1. The third-order valence-electron chi connectivity index (χ3n) is 5.80. The van der Waals surface area contributed by atoms with Crippen molar-refractivity contribution in [3.05, 3.63) is 30.0 Å². The Labute approximate surface area is 166 Å². The molecule has 27 heavy (non-hydrogen) atoms. The van der Waals surface area contributed by atoms with Gasteiger partial charge in [0.1, 0.15) is 5.75 Å². The highest BCUT2D eigenvalue weighted by molar-refractivity contribution is 7.95. The average molecular weight is 387 g/mol. The fraction of sp³-hybridized carbons (Fsp3) is 0.571. The molecule has 0 radical (unpaired) electrons. The molecular formula is C21H30N4OS. The smallest absolute Gasteiger partial charge is 0.124 e. The Kier molecular flexibility index (Phi) is 6.05. The zero-order chi connectivity index (χ0) is 18.6. The van der Waals surface area contributed by atoms with Gasteiger partial charge in [0, 0.05) is 68.2 Å². The molecule has 146 valence electrons. The Morgan fingerprint density at radius 2 is 2.11 bits per heavy atom. The lowest BCUT2D eigenvalue weighted by atomic mass is 9.95. The molecule has 2 aliphatic rings. The van der Waals surface area contributed by atoms with Gasteiger partial charge in [0.15, 0.2) is 0 Å². The van der Waals surface area contributed by atoms with Gasteiger partial charge in [-0.1, -0.05) is 6.92 Å². The van der Waals surface area contributed by atoms with Crippen molar-refractivity contribution in [3.8, 4) is 5.75 Å². The molecular weight excluding hydrogens is 356 g/mol. The highest BCUT2D eigenvalue weighted by atomic mass is 32.2. The minimum absolute atomic E-state index is 0.799. The lowest BCUT2D eigenvalue weighted by Gasteiger charge is -2.37. The van der Waals surface area contributed by atoms with E-state index >= 15 is 0 Å². The molecule has 1 aromatic carbocycles. The van der Waals surface area contributed by atoms with Gasteiger partial charge < -0.3 is 9.64 Å². The molecule has 0 aliphatic carbocycles. The second-order valence-corrected chi connectivity index (χ2v) is 8.51. The van der Waals surface area contributed by atoms with Gasteiger partial charge in [-0.15, -0.1) is 0 Å². The van der Waals surface area contributed by atoms with Crippen molar-refractivity contribution in [2.45, 2.75) is 32.6 Å². The Bertz CT molecular complexity index is 770. The molecule has 0 bridgehead atoms. The summed E-state index contributed by atoms with van der Waals surface area (Å²) in [6, 6.07) is 6.54. The Balaban J connectivity index is 1.48. The number of ether oxygens (including phenoxy) is 1. The average Bonchev–Trinajstić information content (AvgIpc) is 2.73. The van der Waals surface area contributed by atoms with Crippen LogP contribution in [-0.2, 0) is 6.42 Å². The van der Waals surface area contributed by atoms with E-state index in [1.807, 2.05) is 18.3 Å². The number of aryl methyl sites for hydroxylation is 1. The number of anilines is 1. The van der Waals surface area contributed by atoms with Crippen molar-refractivity contribution < 1.29 is 4.74 Å². The summed E-state index contributed by atoms with van der Waals surface area (Å²) in [4.78, 5) is 7.14. The number of fused-ring (bicyclic) bond motifs is 1. The van der Waals surface area contributed by atoms with Gasteiger partial charge in [0.25, 0.3) is 0 Å². The largest absolute Gasteiger partial charge is 0.496 e. The summed E-state index contributed by atoms with van der Waals surface area (Å²) in [6.07, 6.45) is 6.69. The number of nitrogens with zero attached hydrogens (tertiary/aromatic N) is 3. The number of methoxy groups -OCH3 is 1. The van der Waals surface area contributed by atoms with E-state index in [0.717, 1.165) is 43.2 Å². The summed E-state index contributed by atoms with van der Waals surface area (Å²) in [5.41, 5.74) is 3.60. The molecule has 3 heterocycles. The van der Waals surface area contributed by atoms with Crippen molar-refractivity contribution in [2.75, 3.05) is 44.7 Å². The summed E-state index contributed by atoms with van der Waals surface area (Å²) in [7, 11) is 1.74. The zero-order valence-electron chi connectivity index (χ0n) is 16.4. The molecule has 0 saturated carbocycles. The van der Waals surface area contributed by atoms with Crippen molar-refractivity contribution in [1.29, 1.82) is 0 Å². The lowest BCUT2D eigenvalue weighted by Crippen LogP contribution is -2.39. The minimum atomic E-state index is 0.799. The second-order valence-electron chi connectivity index (χ2n) is 7.52. The summed E-state index contributed by atoms with van der Waals surface area (Å²) >= 11 is 1.81. The molecule has 2 saturated heterocycles. The van der Waals surface area contributed by atoms with Crippen molar-refractivity contribution >= 4 is 28.7 Å². The third kappa shape index (κ3) is 4.18. The molecule has 0 spiro atoms. The van der Waals surface area contributed by atoms with Gasteiger partial charge in [0.05, 0.1) is 12.6 Å². The highest BCUT2D eigenvalue weighted by Gasteiger charge is 2.24. The maximum absolute atomic E-state index is 5.55. The molecule has 1 N–H and O–H groups in total. The second kappa shape index (κ2) is 8.67. The van der Waals surface area contributed by atoms with Crippen molar-refractivity contribution in [2.24, 2.45) is 5.92 Å². The predicted molar refractivity (Wildman–Crippen MR) is 114 cm³/mol. The van der Waals surface area contributed by atoms with E-state index in [0.29, 0.717) is 0 Å². The fourth-order valence-electron chi connectivity index (χ4n) is 4.23. The summed E-state index contributed by atoms with van der Waals surface area (Å²) in [6.45, 7) is 8.00. The van der Waals surface area contributed by atoms with Crippen molar-refractivity contribution in [3.63, 3.8) is 0 Å². The first-order chi connectivity index (χ1) is 13.3. The fourth-order valence-corrected chi connectivity index (χ4v) is 5.15. The van der Waals surface area contributed by atoms with E-state index in [2.05, 4.69) is 44.0 Å². The molecule has 6 heteroatoms. The number of rotatable bonds is 5. The van der Waals surface area contributed by atoms with E-state index in [4.69, 9.17) is 4.74 Å². The van der Waals surface area contributed by atoms with E-state index < -0.39 is 0 Å². The molecule has 2 aliphatic heterocycles. The lowest BCUT2D eigenvalue weighted by molar-refractivity contribution is 0.310. The number of hydrogen-bond donors (Lipinski definition) is 1. The number of benzene rings is 1. The zero-order valence-corrected chi connectivity index (χ0v) is 17.2. The summed E-state index contributed by atoms with van der Waals surface area (Å²) in [5, 5.41) is 1.25. The van der Waals surface area contributed by atoms with Crippen LogP contribution in [0, 0.1) is 5.92 Å². The van der Waals surface area contributed by atoms with Crippen molar-refractivity contribution in [1.82, 2.24) is 14.0 Å². The summed E-state index contributed by atoms with van der Waals surface area (Å²) < 4.78 is 11.5. The van der Waals surface area contributed by atoms with Crippen LogP contribution in [0.5, 0.6) is 5.75 Å². The van der Waals surface area contributed by atoms with Gasteiger partial charge >= 0.3 is 0 Å². The van der Waals surface area contributed by atoms with Crippen LogP contribution < -0.4 is 14.4 Å². The topological polar surface area (TPSA) is 40.6 Å². The van der Waals surface area contributed by atoms with E-state index in [1.165, 1.54) is 49.0 Å². The monoisotopic (exact) mass is 386 g/mol. The van der Waals surface area contributed by atoms with Crippen LogP contribution in [0.3, 0.4) is 0 Å². The molecule has 4 rings (SSSR count). The van der Waals surface area contributed by atoms with Gasteiger partial charge in [-0.05, 0) is 49.3 Å². The minimum Gasteiger partial charge on any atom is -0.496 e. The van der Waals surface area contributed by atoms with Gasteiger partial charge in [-0.2, -0.15) is 0 Å². The SMILES string of the molecule is CCc1cc2c(N3CCC(CN4CCCNS4)CC3)ccnc2cc1OC. The maximum Gasteiger partial charge on any atom is 0.124 e. The molecule has 0 amide bonds. The van der Waals surface area contributed by atoms with Crippen LogP contribution in [0.1, 0.15) is 31.7 Å². The molecule has 0 unspecified atom stereocenters. The van der Waals surface area contributed by atoms with Gasteiger partial charge in [0.2, 0.25) is 0 Å². The van der Waals surface area contributed by atoms with Crippen LogP contribution >= 0.6 is 12.1 Å². The summed E-state index contributed by atoms with van der Waals surface area (Å²) in [5.74, 6) is 1.74. The van der Waals surface area contributed by atoms with Gasteiger partial charge in [-0.3, -0.25) is 9.71 Å². The Morgan fingerprint density at radius 3 is 2.81 bits per heavy atom. The first-order valence-corrected chi connectivity index (χ1v) is 10.9. The molecule has 5 nitrogen and oxygen atoms in total. The van der Waals surface area contributed by atoms with E-state index in [9.17, 15) is 0 Å². The van der Waals surface area contributed by atoms with E-state index in [-0.39, 0.29) is 0 Å². The standard InChI is InChI=1S/C21H30N4OS/c1-3-17-13-18-19(14-21(17)26-2)22-9-5-20(18)24-11-6-16(7-12-24)15-25-10-4-8-23-27-25/h5,9,13-14,16,23H,3-4,6-8,10-12,15H2,1-2H3. The third-order valence-corrected chi connectivity index (χ3v) is 6.72. The number of aromatic nitrogens is 1. The van der Waals surface area contributed by atoms with Crippen LogP contribution in [0.25, 0.3) is 10.9 Å². The van der Waals surface area contributed by atoms with Crippen LogP contribution in [-0.4, -0.2) is 49.1 Å². The number of hydrogen-bond acceptors (Lipinski definition) is 6. The number of piperidine rings is 1. The molecule has 2 aromatic rings.